The van der Waals surface area contributed by atoms with Crippen LogP contribution in [0.5, 0.6) is 0 Å². The Balaban J connectivity index is 1.97. The van der Waals surface area contributed by atoms with Gasteiger partial charge in [-0.25, -0.2) is 4.98 Å². The first-order valence-corrected chi connectivity index (χ1v) is 6.44. The summed E-state index contributed by atoms with van der Waals surface area (Å²) in [5.74, 6) is -0.0352. The number of pyridine rings is 1. The first kappa shape index (κ1) is 13.5. The molecule has 0 aliphatic heterocycles. The van der Waals surface area contributed by atoms with Gasteiger partial charge in [0.05, 0.1) is 11.3 Å². The zero-order chi connectivity index (χ0) is 13.8. The maximum absolute atomic E-state index is 12.0. The molecule has 2 heterocycles. The van der Waals surface area contributed by atoms with Crippen LogP contribution in [0.3, 0.4) is 0 Å². The number of hydrogen-bond acceptors (Lipinski definition) is 3. The van der Waals surface area contributed by atoms with Crippen molar-refractivity contribution in [3.05, 3.63) is 35.8 Å². The highest BCUT2D eigenvalue weighted by molar-refractivity contribution is 5.94. The van der Waals surface area contributed by atoms with Crippen LogP contribution in [-0.2, 0) is 0 Å². The topological polar surface area (TPSA) is 49.6 Å². The number of rotatable bonds is 5. The van der Waals surface area contributed by atoms with Crippen molar-refractivity contribution < 1.29 is 4.79 Å². The van der Waals surface area contributed by atoms with Gasteiger partial charge >= 0.3 is 0 Å². The molecule has 2 aromatic heterocycles. The van der Waals surface area contributed by atoms with E-state index in [9.17, 15) is 4.79 Å². The molecule has 0 aliphatic rings. The molecule has 102 valence electrons. The molecule has 0 saturated heterocycles. The van der Waals surface area contributed by atoms with E-state index in [0.717, 1.165) is 24.3 Å². The van der Waals surface area contributed by atoms with Gasteiger partial charge in [0.1, 0.15) is 5.65 Å². The minimum atomic E-state index is -0.0352. The molecule has 0 fully saturated rings. The lowest BCUT2D eigenvalue weighted by molar-refractivity contribution is 0.0952. The van der Waals surface area contributed by atoms with E-state index < -0.39 is 0 Å². The van der Waals surface area contributed by atoms with Crippen LogP contribution >= 0.6 is 0 Å². The number of nitrogens with one attached hydrogen (secondary N) is 1. The van der Waals surface area contributed by atoms with Crippen molar-refractivity contribution >= 4 is 11.6 Å². The average Bonchev–Trinajstić information content (AvgIpc) is 2.73. The second-order valence-electron chi connectivity index (χ2n) is 4.98. The number of aromatic nitrogens is 2. The maximum Gasteiger partial charge on any atom is 0.252 e. The fourth-order valence-electron chi connectivity index (χ4n) is 1.95. The number of nitrogens with zero attached hydrogens (tertiary/aromatic N) is 3. The van der Waals surface area contributed by atoms with Crippen LogP contribution in [0.25, 0.3) is 5.65 Å². The highest BCUT2D eigenvalue weighted by Crippen LogP contribution is 2.07. The van der Waals surface area contributed by atoms with Crippen LogP contribution in [-0.4, -0.2) is 47.4 Å². The molecule has 2 rings (SSSR count). The SMILES string of the molecule is Cc1cn2cc(C(=O)NCCCN(C)C)ccc2n1. The van der Waals surface area contributed by atoms with Gasteiger partial charge in [-0.3, -0.25) is 4.79 Å². The van der Waals surface area contributed by atoms with Gasteiger partial charge in [0, 0.05) is 18.9 Å². The van der Waals surface area contributed by atoms with E-state index in [1.165, 1.54) is 0 Å². The predicted octanol–water partition coefficient (Wildman–Crippen LogP) is 1.32. The minimum Gasteiger partial charge on any atom is -0.352 e. The Kier molecular flexibility index (Phi) is 4.16. The van der Waals surface area contributed by atoms with E-state index in [4.69, 9.17) is 0 Å². The normalized spacial score (nSPS) is 11.2. The van der Waals surface area contributed by atoms with E-state index in [-0.39, 0.29) is 5.91 Å². The van der Waals surface area contributed by atoms with Gasteiger partial charge in [0.25, 0.3) is 5.91 Å². The lowest BCUT2D eigenvalue weighted by Gasteiger charge is -2.10. The van der Waals surface area contributed by atoms with Gasteiger partial charge in [-0.15, -0.1) is 0 Å². The number of amides is 1. The van der Waals surface area contributed by atoms with Crippen LogP contribution in [0.15, 0.2) is 24.5 Å². The van der Waals surface area contributed by atoms with Crippen molar-refractivity contribution in [2.45, 2.75) is 13.3 Å². The highest BCUT2D eigenvalue weighted by Gasteiger charge is 2.06. The molecule has 19 heavy (non-hydrogen) atoms. The number of aryl methyl sites for hydroxylation is 1. The number of fused-ring (bicyclic) bond motifs is 1. The summed E-state index contributed by atoms with van der Waals surface area (Å²) < 4.78 is 1.88. The number of imidazole rings is 1. The lowest BCUT2D eigenvalue weighted by atomic mass is 10.2. The molecule has 2 aromatic rings. The number of carbonyl (C=O) groups is 1. The first-order valence-electron chi connectivity index (χ1n) is 6.44. The van der Waals surface area contributed by atoms with Crippen molar-refractivity contribution in [1.82, 2.24) is 19.6 Å². The molecule has 0 radical (unpaired) electrons. The van der Waals surface area contributed by atoms with Crippen LogP contribution in [0, 0.1) is 6.92 Å². The molecular weight excluding hydrogens is 240 g/mol. The summed E-state index contributed by atoms with van der Waals surface area (Å²) in [7, 11) is 4.05. The Morgan fingerprint density at radius 1 is 1.37 bits per heavy atom. The van der Waals surface area contributed by atoms with Gasteiger partial charge in [-0.2, -0.15) is 0 Å². The third-order valence-electron chi connectivity index (χ3n) is 2.90. The lowest BCUT2D eigenvalue weighted by Crippen LogP contribution is -2.27. The Morgan fingerprint density at radius 2 is 2.16 bits per heavy atom. The molecule has 0 aromatic carbocycles. The number of hydrogen-bond donors (Lipinski definition) is 1. The molecule has 0 aliphatic carbocycles. The summed E-state index contributed by atoms with van der Waals surface area (Å²) in [6.07, 6.45) is 4.68. The van der Waals surface area contributed by atoms with Gasteiger partial charge in [-0.05, 0) is 46.1 Å². The van der Waals surface area contributed by atoms with Crippen molar-refractivity contribution in [1.29, 1.82) is 0 Å². The quantitative estimate of drug-likeness (QED) is 0.825. The summed E-state index contributed by atoms with van der Waals surface area (Å²) in [4.78, 5) is 18.4. The Morgan fingerprint density at radius 3 is 2.89 bits per heavy atom. The summed E-state index contributed by atoms with van der Waals surface area (Å²) in [6, 6.07) is 3.67. The average molecular weight is 260 g/mol. The summed E-state index contributed by atoms with van der Waals surface area (Å²) in [6.45, 7) is 3.60. The van der Waals surface area contributed by atoms with Crippen molar-refractivity contribution in [3.63, 3.8) is 0 Å². The fraction of sp³-hybridized carbons (Fsp3) is 0.429. The first-order chi connectivity index (χ1) is 9.06. The Labute approximate surface area is 113 Å². The predicted molar refractivity (Wildman–Crippen MR) is 75.4 cm³/mol. The van der Waals surface area contributed by atoms with Crippen molar-refractivity contribution in [2.75, 3.05) is 27.2 Å². The van der Waals surface area contributed by atoms with Gasteiger partial charge in [0.15, 0.2) is 0 Å². The summed E-state index contributed by atoms with van der Waals surface area (Å²) in [5.41, 5.74) is 2.47. The molecule has 5 heteroatoms. The second-order valence-corrected chi connectivity index (χ2v) is 4.98. The van der Waals surface area contributed by atoms with Crippen LogP contribution in [0.4, 0.5) is 0 Å². The standard InChI is InChI=1S/C14H20N4O/c1-11-9-18-10-12(5-6-13(18)16-11)14(19)15-7-4-8-17(2)3/h5-6,9-10H,4,7-8H2,1-3H3,(H,15,19). The fourth-order valence-corrected chi connectivity index (χ4v) is 1.95. The van der Waals surface area contributed by atoms with E-state index >= 15 is 0 Å². The van der Waals surface area contributed by atoms with Gasteiger partial charge in [-0.1, -0.05) is 0 Å². The monoisotopic (exact) mass is 260 g/mol. The van der Waals surface area contributed by atoms with Crippen LogP contribution < -0.4 is 5.32 Å². The number of carbonyl (C=O) groups excluding carboxylic acids is 1. The molecule has 0 atom stereocenters. The summed E-state index contributed by atoms with van der Waals surface area (Å²) in [5, 5.41) is 2.93. The third kappa shape index (κ3) is 3.54. The van der Waals surface area contributed by atoms with Gasteiger partial charge < -0.3 is 14.6 Å². The van der Waals surface area contributed by atoms with Crippen LogP contribution in [0.1, 0.15) is 22.5 Å². The van der Waals surface area contributed by atoms with E-state index in [1.54, 1.807) is 0 Å². The third-order valence-corrected chi connectivity index (χ3v) is 2.90. The zero-order valence-electron chi connectivity index (χ0n) is 11.7. The largest absolute Gasteiger partial charge is 0.352 e. The van der Waals surface area contributed by atoms with Crippen LogP contribution in [0.2, 0.25) is 0 Å². The second kappa shape index (κ2) is 5.84. The maximum atomic E-state index is 12.0. The molecule has 1 N–H and O–H groups in total. The molecule has 5 nitrogen and oxygen atoms in total. The van der Waals surface area contributed by atoms with Crippen molar-refractivity contribution in [3.8, 4) is 0 Å². The molecule has 1 amide bonds. The minimum absolute atomic E-state index is 0.0352. The Bertz CT molecular complexity index is 574. The molecular formula is C14H20N4O. The summed E-state index contributed by atoms with van der Waals surface area (Å²) >= 11 is 0. The zero-order valence-corrected chi connectivity index (χ0v) is 11.7. The van der Waals surface area contributed by atoms with Gasteiger partial charge in [0.2, 0.25) is 0 Å². The molecule has 0 saturated carbocycles. The van der Waals surface area contributed by atoms with Crippen molar-refractivity contribution in [2.24, 2.45) is 0 Å². The van der Waals surface area contributed by atoms with E-state index in [1.807, 2.05) is 49.9 Å². The molecule has 0 unspecified atom stereocenters. The van der Waals surface area contributed by atoms with E-state index in [2.05, 4.69) is 15.2 Å². The molecule has 0 bridgehead atoms. The highest BCUT2D eigenvalue weighted by atomic mass is 16.1. The molecule has 0 spiro atoms. The Hall–Kier alpha value is -1.88. The smallest absolute Gasteiger partial charge is 0.252 e. The van der Waals surface area contributed by atoms with E-state index in [0.29, 0.717) is 12.1 Å².